The SMILES string of the molecule is CCC(C)Nc1ncnc(NN)c1N. The Balaban J connectivity index is 2.86. The van der Waals surface area contributed by atoms with E-state index in [1.54, 1.807) is 0 Å². The van der Waals surface area contributed by atoms with Crippen LogP contribution in [-0.4, -0.2) is 16.0 Å². The number of hydrazine groups is 1. The molecule has 1 aromatic heterocycles. The van der Waals surface area contributed by atoms with Crippen LogP contribution >= 0.6 is 0 Å². The minimum absolute atomic E-state index is 0.317. The molecule has 0 radical (unpaired) electrons. The molecule has 0 saturated heterocycles. The molecule has 78 valence electrons. The van der Waals surface area contributed by atoms with Gasteiger partial charge in [0.2, 0.25) is 0 Å². The molecular formula is C8H16N6. The first-order chi connectivity index (χ1) is 6.69. The Labute approximate surface area is 83.1 Å². The number of rotatable bonds is 4. The third kappa shape index (κ3) is 2.23. The molecule has 6 nitrogen and oxygen atoms in total. The van der Waals surface area contributed by atoms with Crippen molar-refractivity contribution in [3.05, 3.63) is 6.33 Å². The second-order valence-corrected chi connectivity index (χ2v) is 3.08. The molecular weight excluding hydrogens is 180 g/mol. The fourth-order valence-corrected chi connectivity index (χ4v) is 0.961. The van der Waals surface area contributed by atoms with Crippen LogP contribution in [0.4, 0.5) is 17.3 Å². The van der Waals surface area contributed by atoms with Gasteiger partial charge in [-0.1, -0.05) is 6.92 Å². The lowest BCUT2D eigenvalue weighted by Gasteiger charge is -2.14. The lowest BCUT2D eigenvalue weighted by atomic mass is 10.2. The van der Waals surface area contributed by atoms with Crippen LogP contribution in [-0.2, 0) is 0 Å². The second-order valence-electron chi connectivity index (χ2n) is 3.08. The summed E-state index contributed by atoms with van der Waals surface area (Å²) < 4.78 is 0. The number of aromatic nitrogens is 2. The number of nitrogens with zero attached hydrogens (tertiary/aromatic N) is 2. The van der Waals surface area contributed by atoms with E-state index in [1.165, 1.54) is 6.33 Å². The van der Waals surface area contributed by atoms with Crippen LogP contribution in [0.5, 0.6) is 0 Å². The predicted molar refractivity (Wildman–Crippen MR) is 57.6 cm³/mol. The summed E-state index contributed by atoms with van der Waals surface area (Å²) in [5.74, 6) is 6.28. The Bertz CT molecular complexity index is 300. The summed E-state index contributed by atoms with van der Waals surface area (Å²) in [4.78, 5) is 7.91. The van der Waals surface area contributed by atoms with E-state index in [1.807, 2.05) is 0 Å². The molecule has 1 atom stereocenters. The molecule has 0 amide bonds. The van der Waals surface area contributed by atoms with Crippen molar-refractivity contribution in [3.63, 3.8) is 0 Å². The van der Waals surface area contributed by atoms with Crippen molar-refractivity contribution in [2.75, 3.05) is 16.5 Å². The Morgan fingerprint density at radius 1 is 1.43 bits per heavy atom. The van der Waals surface area contributed by atoms with Crippen LogP contribution in [0.25, 0.3) is 0 Å². The number of nitrogens with two attached hydrogens (primary N) is 2. The molecule has 0 aromatic carbocycles. The quantitative estimate of drug-likeness (QED) is 0.414. The number of nitrogen functional groups attached to an aromatic ring is 2. The summed E-state index contributed by atoms with van der Waals surface area (Å²) in [5.41, 5.74) is 8.62. The Kier molecular flexibility index (Phi) is 3.47. The zero-order valence-corrected chi connectivity index (χ0v) is 8.41. The van der Waals surface area contributed by atoms with E-state index in [0.29, 0.717) is 23.4 Å². The first-order valence-electron chi connectivity index (χ1n) is 4.52. The van der Waals surface area contributed by atoms with Crippen molar-refractivity contribution in [3.8, 4) is 0 Å². The molecule has 0 aliphatic carbocycles. The van der Waals surface area contributed by atoms with Gasteiger partial charge in [0.15, 0.2) is 11.6 Å². The largest absolute Gasteiger partial charge is 0.393 e. The lowest BCUT2D eigenvalue weighted by molar-refractivity contribution is 0.759. The smallest absolute Gasteiger partial charge is 0.168 e. The number of hydrogen-bond donors (Lipinski definition) is 4. The van der Waals surface area contributed by atoms with Gasteiger partial charge in [0.25, 0.3) is 0 Å². The van der Waals surface area contributed by atoms with Gasteiger partial charge < -0.3 is 16.5 Å². The van der Waals surface area contributed by atoms with Crippen molar-refractivity contribution in [2.24, 2.45) is 5.84 Å². The van der Waals surface area contributed by atoms with Gasteiger partial charge in [-0.3, -0.25) is 0 Å². The Hall–Kier alpha value is -1.56. The molecule has 0 aliphatic heterocycles. The minimum atomic E-state index is 0.317. The maximum atomic E-state index is 5.77. The molecule has 0 fully saturated rings. The molecule has 14 heavy (non-hydrogen) atoms. The molecule has 1 heterocycles. The van der Waals surface area contributed by atoms with Gasteiger partial charge in [0.1, 0.15) is 12.0 Å². The van der Waals surface area contributed by atoms with Gasteiger partial charge in [-0.2, -0.15) is 0 Å². The first kappa shape index (κ1) is 10.5. The molecule has 1 rings (SSSR count). The first-order valence-corrected chi connectivity index (χ1v) is 4.52. The van der Waals surface area contributed by atoms with Gasteiger partial charge in [-0.25, -0.2) is 15.8 Å². The highest BCUT2D eigenvalue weighted by molar-refractivity contribution is 5.73. The maximum absolute atomic E-state index is 5.77. The fourth-order valence-electron chi connectivity index (χ4n) is 0.961. The molecule has 0 spiro atoms. The van der Waals surface area contributed by atoms with E-state index in [2.05, 4.69) is 34.6 Å². The van der Waals surface area contributed by atoms with Crippen molar-refractivity contribution < 1.29 is 0 Å². The topological polar surface area (TPSA) is 102 Å². The maximum Gasteiger partial charge on any atom is 0.168 e. The fraction of sp³-hybridized carbons (Fsp3) is 0.500. The normalized spacial score (nSPS) is 12.2. The third-order valence-corrected chi connectivity index (χ3v) is 2.02. The second kappa shape index (κ2) is 4.61. The summed E-state index contributed by atoms with van der Waals surface area (Å²) >= 11 is 0. The van der Waals surface area contributed by atoms with Crippen molar-refractivity contribution in [1.29, 1.82) is 0 Å². The van der Waals surface area contributed by atoms with Crippen molar-refractivity contribution in [2.45, 2.75) is 26.3 Å². The molecule has 0 aliphatic rings. The average molecular weight is 196 g/mol. The standard InChI is InChI=1S/C8H16N6/c1-3-5(2)13-7-6(9)8(14-10)12-4-11-7/h4-5H,3,9-10H2,1-2H3,(H2,11,12,13,14). The van der Waals surface area contributed by atoms with E-state index in [4.69, 9.17) is 11.6 Å². The van der Waals surface area contributed by atoms with Crippen LogP contribution in [0.1, 0.15) is 20.3 Å². The third-order valence-electron chi connectivity index (χ3n) is 2.02. The molecule has 6 heteroatoms. The van der Waals surface area contributed by atoms with Crippen LogP contribution in [0, 0.1) is 0 Å². The van der Waals surface area contributed by atoms with Gasteiger partial charge in [-0.15, -0.1) is 0 Å². The predicted octanol–water partition coefficient (Wildman–Crippen LogP) is 0.555. The molecule has 0 bridgehead atoms. The Morgan fingerprint density at radius 2 is 2.07 bits per heavy atom. The minimum Gasteiger partial charge on any atom is -0.393 e. The zero-order valence-electron chi connectivity index (χ0n) is 8.41. The van der Waals surface area contributed by atoms with Crippen LogP contribution in [0.15, 0.2) is 6.33 Å². The van der Waals surface area contributed by atoms with E-state index >= 15 is 0 Å². The summed E-state index contributed by atoms with van der Waals surface area (Å²) in [6, 6.07) is 0.317. The molecule has 0 saturated carbocycles. The highest BCUT2D eigenvalue weighted by Crippen LogP contribution is 2.22. The number of nitrogens with one attached hydrogen (secondary N) is 2. The molecule has 1 unspecified atom stereocenters. The summed E-state index contributed by atoms with van der Waals surface area (Å²) in [7, 11) is 0. The molecule has 1 aromatic rings. The van der Waals surface area contributed by atoms with Crippen LogP contribution in [0.3, 0.4) is 0 Å². The average Bonchev–Trinajstić information content (AvgIpc) is 2.21. The van der Waals surface area contributed by atoms with E-state index in [0.717, 1.165) is 6.42 Å². The molecule has 6 N–H and O–H groups in total. The van der Waals surface area contributed by atoms with Crippen molar-refractivity contribution in [1.82, 2.24) is 9.97 Å². The number of hydrogen-bond acceptors (Lipinski definition) is 6. The summed E-state index contributed by atoms with van der Waals surface area (Å²) in [6.07, 6.45) is 2.41. The Morgan fingerprint density at radius 3 is 2.64 bits per heavy atom. The zero-order chi connectivity index (χ0) is 10.6. The van der Waals surface area contributed by atoms with Gasteiger partial charge in [0, 0.05) is 6.04 Å². The summed E-state index contributed by atoms with van der Waals surface area (Å²) in [5, 5.41) is 3.16. The van der Waals surface area contributed by atoms with Crippen LogP contribution < -0.4 is 22.3 Å². The van der Waals surface area contributed by atoms with E-state index in [9.17, 15) is 0 Å². The van der Waals surface area contributed by atoms with Gasteiger partial charge in [-0.05, 0) is 13.3 Å². The van der Waals surface area contributed by atoms with Gasteiger partial charge in [0.05, 0.1) is 0 Å². The van der Waals surface area contributed by atoms with Crippen LogP contribution in [0.2, 0.25) is 0 Å². The van der Waals surface area contributed by atoms with E-state index in [-0.39, 0.29) is 0 Å². The number of anilines is 3. The lowest BCUT2D eigenvalue weighted by Crippen LogP contribution is -2.18. The highest BCUT2D eigenvalue weighted by atomic mass is 15.3. The van der Waals surface area contributed by atoms with E-state index < -0.39 is 0 Å². The monoisotopic (exact) mass is 196 g/mol. The van der Waals surface area contributed by atoms with Gasteiger partial charge >= 0.3 is 0 Å². The summed E-state index contributed by atoms with van der Waals surface area (Å²) in [6.45, 7) is 4.13. The highest BCUT2D eigenvalue weighted by Gasteiger charge is 2.08. The van der Waals surface area contributed by atoms with Crippen molar-refractivity contribution >= 4 is 17.3 Å².